The van der Waals surface area contributed by atoms with Crippen molar-refractivity contribution in [3.05, 3.63) is 33.4 Å². The van der Waals surface area contributed by atoms with Gasteiger partial charge in [0.2, 0.25) is 5.69 Å². The van der Waals surface area contributed by atoms with Gasteiger partial charge in [0.1, 0.15) is 5.75 Å². The first-order valence-corrected chi connectivity index (χ1v) is 3.87. The van der Waals surface area contributed by atoms with Crippen molar-refractivity contribution in [3.63, 3.8) is 0 Å². The minimum atomic E-state index is -0.869. The fourth-order valence-electron chi connectivity index (χ4n) is 1.17. The summed E-state index contributed by atoms with van der Waals surface area (Å²) >= 11 is 0. The van der Waals surface area contributed by atoms with E-state index < -0.39 is 5.03 Å². The van der Waals surface area contributed by atoms with Crippen molar-refractivity contribution in [2.24, 2.45) is 10.3 Å². The highest BCUT2D eigenvalue weighted by Crippen LogP contribution is 2.28. The summed E-state index contributed by atoms with van der Waals surface area (Å²) in [6, 6.07) is 2.95. The van der Waals surface area contributed by atoms with Gasteiger partial charge in [0.15, 0.2) is 5.22 Å². The van der Waals surface area contributed by atoms with Crippen LogP contribution in [0.1, 0.15) is 11.1 Å². The van der Waals surface area contributed by atoms with Crippen LogP contribution in [-0.4, -0.2) is 10.1 Å². The fraction of sp³-hybridized carbons (Fsp3) is 0.250. The molecule has 0 unspecified atom stereocenters. The lowest BCUT2D eigenvalue weighted by molar-refractivity contribution is -0.493. The molecule has 1 rings (SSSR count). The lowest BCUT2D eigenvalue weighted by Gasteiger charge is -1.98. The van der Waals surface area contributed by atoms with E-state index in [4.69, 9.17) is 0 Å². The van der Waals surface area contributed by atoms with Gasteiger partial charge in [0.05, 0.1) is 10.1 Å². The molecule has 1 aromatic rings. The summed E-state index contributed by atoms with van der Waals surface area (Å²) in [7, 11) is 0. The molecule has 0 aliphatic carbocycles. The van der Waals surface area contributed by atoms with Crippen LogP contribution in [0.25, 0.3) is 0 Å². The SMILES string of the molecule is Cc1cc(O)cc(C)c1N=N[N+](=O)[O-]. The second-order valence-electron chi connectivity index (χ2n) is 2.86. The molecule has 0 atom stereocenters. The first kappa shape index (κ1) is 10.1. The highest BCUT2D eigenvalue weighted by atomic mass is 16.7. The minimum absolute atomic E-state index is 0.111. The van der Waals surface area contributed by atoms with Crippen molar-refractivity contribution < 1.29 is 10.1 Å². The number of nitro groups is 1. The zero-order chi connectivity index (χ0) is 10.7. The van der Waals surface area contributed by atoms with E-state index in [0.29, 0.717) is 16.8 Å². The second kappa shape index (κ2) is 3.82. The number of aromatic hydroxyl groups is 1. The van der Waals surface area contributed by atoms with Crippen LogP contribution in [-0.2, 0) is 0 Å². The van der Waals surface area contributed by atoms with E-state index in [-0.39, 0.29) is 5.75 Å². The maximum absolute atomic E-state index is 9.96. The Hall–Kier alpha value is -1.98. The normalized spacial score (nSPS) is 10.7. The highest BCUT2D eigenvalue weighted by molar-refractivity contribution is 5.54. The first-order chi connectivity index (χ1) is 6.50. The average molecular weight is 195 g/mol. The van der Waals surface area contributed by atoms with Crippen LogP contribution in [0.15, 0.2) is 22.5 Å². The molecule has 0 saturated heterocycles. The van der Waals surface area contributed by atoms with E-state index in [1.807, 2.05) is 0 Å². The quantitative estimate of drug-likeness (QED) is 0.446. The van der Waals surface area contributed by atoms with Crippen molar-refractivity contribution in [2.75, 3.05) is 0 Å². The Bertz CT molecular complexity index is 378. The molecular weight excluding hydrogens is 186 g/mol. The molecule has 74 valence electrons. The van der Waals surface area contributed by atoms with Gasteiger partial charge < -0.3 is 15.2 Å². The van der Waals surface area contributed by atoms with Crippen molar-refractivity contribution >= 4 is 5.69 Å². The molecule has 14 heavy (non-hydrogen) atoms. The third-order valence-corrected chi connectivity index (χ3v) is 1.69. The molecule has 6 heteroatoms. The second-order valence-corrected chi connectivity index (χ2v) is 2.86. The zero-order valence-electron chi connectivity index (χ0n) is 7.76. The van der Waals surface area contributed by atoms with Gasteiger partial charge in [0, 0.05) is 11.1 Å². The maximum Gasteiger partial charge on any atom is 0.209 e. The summed E-state index contributed by atoms with van der Waals surface area (Å²) in [6.45, 7) is 3.39. The Kier molecular flexibility index (Phi) is 2.76. The molecule has 0 aliphatic heterocycles. The zero-order valence-corrected chi connectivity index (χ0v) is 7.76. The van der Waals surface area contributed by atoms with Crippen molar-refractivity contribution in [2.45, 2.75) is 13.8 Å². The molecule has 0 bridgehead atoms. The van der Waals surface area contributed by atoms with E-state index in [1.54, 1.807) is 13.8 Å². The van der Waals surface area contributed by atoms with Gasteiger partial charge in [-0.2, -0.15) is 0 Å². The summed E-state index contributed by atoms with van der Waals surface area (Å²) in [5, 5.41) is 24.6. The third-order valence-electron chi connectivity index (χ3n) is 1.69. The first-order valence-electron chi connectivity index (χ1n) is 3.87. The smallest absolute Gasteiger partial charge is 0.209 e. The van der Waals surface area contributed by atoms with E-state index in [1.165, 1.54) is 12.1 Å². The Morgan fingerprint density at radius 1 is 1.36 bits per heavy atom. The van der Waals surface area contributed by atoms with Crippen LogP contribution >= 0.6 is 0 Å². The van der Waals surface area contributed by atoms with Crippen LogP contribution in [0.3, 0.4) is 0 Å². The Morgan fingerprint density at radius 2 is 1.86 bits per heavy atom. The predicted molar refractivity (Wildman–Crippen MR) is 49.1 cm³/mol. The average Bonchev–Trinajstić information content (AvgIpc) is 2.01. The number of aryl methyl sites for hydroxylation is 2. The van der Waals surface area contributed by atoms with Crippen LogP contribution in [0.5, 0.6) is 5.75 Å². The van der Waals surface area contributed by atoms with Gasteiger partial charge in [-0.3, -0.25) is 0 Å². The molecule has 0 radical (unpaired) electrons. The van der Waals surface area contributed by atoms with Gasteiger partial charge in [-0.25, -0.2) is 0 Å². The number of phenolic OH excluding ortho intramolecular Hbond substituents is 1. The van der Waals surface area contributed by atoms with Crippen molar-refractivity contribution in [1.82, 2.24) is 0 Å². The Balaban J connectivity index is 3.15. The number of hydrogen-bond acceptors (Lipinski definition) is 4. The maximum atomic E-state index is 9.96. The highest BCUT2D eigenvalue weighted by Gasteiger charge is 2.09. The van der Waals surface area contributed by atoms with Crippen molar-refractivity contribution in [1.29, 1.82) is 0 Å². The largest absolute Gasteiger partial charge is 0.508 e. The monoisotopic (exact) mass is 195 g/mol. The van der Waals surface area contributed by atoms with Gasteiger partial charge in [-0.1, -0.05) is 0 Å². The van der Waals surface area contributed by atoms with Crippen LogP contribution in [0, 0.1) is 24.0 Å². The molecular formula is C8H9N3O3. The van der Waals surface area contributed by atoms with E-state index >= 15 is 0 Å². The molecule has 0 amide bonds. The summed E-state index contributed by atoms with van der Waals surface area (Å²) in [5.41, 5.74) is 1.71. The van der Waals surface area contributed by atoms with E-state index in [0.717, 1.165) is 0 Å². The topological polar surface area (TPSA) is 88.1 Å². The molecule has 0 aromatic heterocycles. The minimum Gasteiger partial charge on any atom is -0.508 e. The molecule has 1 N–H and O–H groups in total. The van der Waals surface area contributed by atoms with Gasteiger partial charge in [-0.05, 0) is 26.0 Å². The Morgan fingerprint density at radius 3 is 2.29 bits per heavy atom. The van der Waals surface area contributed by atoms with Crippen LogP contribution < -0.4 is 0 Å². The summed E-state index contributed by atoms with van der Waals surface area (Å²) in [4.78, 5) is 9.96. The Labute approximate surface area is 80.0 Å². The standard InChI is InChI=1S/C8H9N3O3/c1-5-3-7(12)4-6(2)8(5)9-10-11(13)14/h3-4,12H,1-2H3. The third kappa shape index (κ3) is 2.25. The molecule has 0 aliphatic rings. The summed E-state index contributed by atoms with van der Waals surface area (Å²) < 4.78 is 0. The summed E-state index contributed by atoms with van der Waals surface area (Å²) in [5.74, 6) is 0.111. The lowest BCUT2D eigenvalue weighted by Crippen LogP contribution is -1.84. The van der Waals surface area contributed by atoms with Gasteiger partial charge in [-0.15, -0.1) is 0 Å². The van der Waals surface area contributed by atoms with Crippen LogP contribution in [0.2, 0.25) is 0 Å². The molecule has 0 fully saturated rings. The molecule has 1 aromatic carbocycles. The number of hydrogen-bond donors (Lipinski definition) is 1. The number of benzene rings is 1. The molecule has 0 spiro atoms. The lowest BCUT2D eigenvalue weighted by atomic mass is 10.1. The number of phenols is 1. The van der Waals surface area contributed by atoms with E-state index in [9.17, 15) is 15.2 Å². The molecule has 0 heterocycles. The predicted octanol–water partition coefficient (Wildman–Crippen LogP) is 2.28. The summed E-state index contributed by atoms with van der Waals surface area (Å²) in [6.07, 6.45) is 0. The van der Waals surface area contributed by atoms with Gasteiger partial charge in [0.25, 0.3) is 0 Å². The fourth-order valence-corrected chi connectivity index (χ4v) is 1.17. The van der Waals surface area contributed by atoms with Crippen LogP contribution in [0.4, 0.5) is 5.69 Å². The van der Waals surface area contributed by atoms with Gasteiger partial charge >= 0.3 is 0 Å². The van der Waals surface area contributed by atoms with E-state index in [2.05, 4.69) is 10.3 Å². The molecule has 0 saturated carbocycles. The number of nitrogens with zero attached hydrogens (tertiary/aromatic N) is 3. The number of rotatable bonds is 2. The van der Waals surface area contributed by atoms with Crippen molar-refractivity contribution in [3.8, 4) is 5.75 Å². The molecule has 6 nitrogen and oxygen atoms in total.